The highest BCUT2D eigenvalue weighted by Gasteiger charge is 2.36. The molecule has 0 saturated heterocycles. The van der Waals surface area contributed by atoms with Crippen molar-refractivity contribution in [2.24, 2.45) is 0 Å². The number of nitrogens with one attached hydrogen (secondary N) is 1. The molecular formula is C23H23F3N6O3S. The summed E-state index contributed by atoms with van der Waals surface area (Å²) in [4.78, 5) is 31.3. The summed E-state index contributed by atoms with van der Waals surface area (Å²) < 4.78 is 48.8. The first kappa shape index (κ1) is 25.4. The van der Waals surface area contributed by atoms with Crippen molar-refractivity contribution in [1.82, 2.24) is 24.4 Å². The molecule has 4 aromatic heterocycles. The number of aromatic nitrogens is 5. The van der Waals surface area contributed by atoms with Gasteiger partial charge in [0.2, 0.25) is 0 Å². The van der Waals surface area contributed by atoms with Crippen LogP contribution in [-0.4, -0.2) is 42.4 Å². The van der Waals surface area contributed by atoms with Crippen LogP contribution in [0.2, 0.25) is 0 Å². The summed E-state index contributed by atoms with van der Waals surface area (Å²) in [5.74, 6) is -1.57. The number of hydrogen-bond acceptors (Lipinski definition) is 7. The van der Waals surface area contributed by atoms with Gasteiger partial charge in [-0.15, -0.1) is 11.3 Å². The molecule has 4 aromatic rings. The highest BCUT2D eigenvalue weighted by atomic mass is 32.1. The molecule has 0 radical (unpaired) electrons. The largest absolute Gasteiger partial charge is 0.458 e. The van der Waals surface area contributed by atoms with Gasteiger partial charge in [0.25, 0.3) is 5.91 Å². The Balaban J connectivity index is 1.72. The maximum atomic E-state index is 13.9. The normalized spacial score (nSPS) is 11.9. The van der Waals surface area contributed by atoms with Crippen LogP contribution in [0.4, 0.5) is 18.9 Å². The number of hydrogen-bond donors (Lipinski definition) is 1. The van der Waals surface area contributed by atoms with Crippen LogP contribution in [0.15, 0.2) is 30.5 Å². The van der Waals surface area contributed by atoms with Gasteiger partial charge in [0.1, 0.15) is 0 Å². The summed E-state index contributed by atoms with van der Waals surface area (Å²) in [6.07, 6.45) is -2.97. The Labute approximate surface area is 207 Å². The molecule has 0 aliphatic heterocycles. The third-order valence-electron chi connectivity index (χ3n) is 5.08. The van der Waals surface area contributed by atoms with Crippen LogP contribution in [0, 0.1) is 0 Å². The van der Waals surface area contributed by atoms with Crippen molar-refractivity contribution in [3.8, 4) is 10.6 Å². The molecule has 4 heterocycles. The standard InChI is InChI=1S/C23H23F3N6O3S/c1-5-13-7-8-17(36-13)14-9-18(23(24,25)26)32-19(27-14)10-15(29-32)21(33)28-16-11-31(6-2)30-20(16)22(34)35-12(3)4/h7-12H,5-6H2,1-4H3,(H,28,33). The van der Waals surface area contributed by atoms with Crippen LogP contribution in [-0.2, 0) is 23.9 Å². The number of carbonyl (C=O) groups excluding carboxylic acids is 2. The number of esters is 1. The lowest BCUT2D eigenvalue weighted by molar-refractivity contribution is -0.142. The first-order chi connectivity index (χ1) is 17.0. The number of halogens is 3. The highest BCUT2D eigenvalue weighted by Crippen LogP contribution is 2.34. The number of nitrogens with zero attached hydrogens (tertiary/aromatic N) is 5. The molecule has 9 nitrogen and oxygen atoms in total. The van der Waals surface area contributed by atoms with E-state index in [1.54, 1.807) is 26.8 Å². The minimum atomic E-state index is -4.74. The Hall–Kier alpha value is -3.74. The van der Waals surface area contributed by atoms with Crippen molar-refractivity contribution in [3.63, 3.8) is 0 Å². The quantitative estimate of drug-likeness (QED) is 0.341. The molecule has 0 atom stereocenters. The van der Waals surface area contributed by atoms with Gasteiger partial charge in [0.05, 0.1) is 22.4 Å². The van der Waals surface area contributed by atoms with E-state index < -0.39 is 29.9 Å². The summed E-state index contributed by atoms with van der Waals surface area (Å²) in [6, 6.07) is 5.64. The zero-order valence-electron chi connectivity index (χ0n) is 19.9. The fourth-order valence-electron chi connectivity index (χ4n) is 3.40. The second-order valence-corrected chi connectivity index (χ2v) is 9.27. The van der Waals surface area contributed by atoms with Crippen LogP contribution in [0.5, 0.6) is 0 Å². The van der Waals surface area contributed by atoms with Crippen LogP contribution in [0.3, 0.4) is 0 Å². The third-order valence-corrected chi connectivity index (χ3v) is 6.33. The number of carbonyl (C=O) groups is 2. The predicted octanol–water partition coefficient (Wildman–Crippen LogP) is 5.07. The molecule has 0 saturated carbocycles. The molecule has 0 aliphatic rings. The lowest BCUT2D eigenvalue weighted by Crippen LogP contribution is -2.18. The zero-order valence-corrected chi connectivity index (χ0v) is 20.7. The van der Waals surface area contributed by atoms with Gasteiger partial charge in [0.15, 0.2) is 22.7 Å². The molecule has 4 rings (SSSR count). The molecule has 0 spiro atoms. The number of fused-ring (bicyclic) bond motifs is 1. The summed E-state index contributed by atoms with van der Waals surface area (Å²) in [7, 11) is 0. The van der Waals surface area contributed by atoms with E-state index in [9.17, 15) is 22.8 Å². The van der Waals surface area contributed by atoms with Crippen LogP contribution in [0.1, 0.15) is 59.2 Å². The molecule has 1 amide bonds. The van der Waals surface area contributed by atoms with Crippen LogP contribution < -0.4 is 5.32 Å². The molecule has 36 heavy (non-hydrogen) atoms. The fourth-order valence-corrected chi connectivity index (χ4v) is 4.31. The van der Waals surface area contributed by atoms with Gasteiger partial charge in [-0.05, 0) is 45.4 Å². The zero-order chi connectivity index (χ0) is 26.2. The number of aryl methyl sites for hydroxylation is 2. The van der Waals surface area contributed by atoms with Crippen LogP contribution >= 0.6 is 11.3 Å². The van der Waals surface area contributed by atoms with E-state index >= 15 is 0 Å². The van der Waals surface area contributed by atoms with Crippen molar-refractivity contribution in [2.45, 2.75) is 52.9 Å². The van der Waals surface area contributed by atoms with Gasteiger partial charge in [0, 0.05) is 23.7 Å². The minimum Gasteiger partial charge on any atom is -0.458 e. The number of ether oxygens (including phenoxy) is 1. The molecule has 0 bridgehead atoms. The van der Waals surface area contributed by atoms with Gasteiger partial charge in [-0.25, -0.2) is 14.3 Å². The van der Waals surface area contributed by atoms with Gasteiger partial charge in [-0.1, -0.05) is 6.92 Å². The maximum Gasteiger partial charge on any atom is 0.433 e. The second-order valence-electron chi connectivity index (χ2n) is 8.10. The Morgan fingerprint density at radius 1 is 1.17 bits per heavy atom. The van der Waals surface area contributed by atoms with Crippen molar-refractivity contribution >= 4 is 34.5 Å². The molecule has 0 fully saturated rings. The third kappa shape index (κ3) is 5.10. The number of amides is 1. The predicted molar refractivity (Wildman–Crippen MR) is 127 cm³/mol. The first-order valence-corrected chi connectivity index (χ1v) is 12.0. The van der Waals surface area contributed by atoms with E-state index in [0.29, 0.717) is 15.9 Å². The lowest BCUT2D eigenvalue weighted by Gasteiger charge is -2.10. The Bertz CT molecular complexity index is 1440. The molecule has 13 heteroatoms. The average Bonchev–Trinajstić information content (AvgIpc) is 3.54. The molecular weight excluding hydrogens is 497 g/mol. The molecule has 190 valence electrons. The van der Waals surface area contributed by atoms with E-state index in [2.05, 4.69) is 20.5 Å². The smallest absolute Gasteiger partial charge is 0.433 e. The van der Waals surface area contributed by atoms with Gasteiger partial charge in [-0.3, -0.25) is 9.48 Å². The summed E-state index contributed by atoms with van der Waals surface area (Å²) in [6.45, 7) is 7.49. The Morgan fingerprint density at radius 2 is 1.92 bits per heavy atom. The number of rotatable bonds is 7. The van der Waals surface area contributed by atoms with E-state index in [0.717, 1.165) is 17.4 Å². The molecule has 0 unspecified atom stereocenters. The van der Waals surface area contributed by atoms with Crippen molar-refractivity contribution in [3.05, 3.63) is 52.4 Å². The van der Waals surface area contributed by atoms with Crippen molar-refractivity contribution in [1.29, 1.82) is 0 Å². The minimum absolute atomic E-state index is 0.0555. The average molecular weight is 521 g/mol. The molecule has 1 N–H and O–H groups in total. The van der Waals surface area contributed by atoms with Gasteiger partial charge in [-0.2, -0.15) is 23.4 Å². The summed E-state index contributed by atoms with van der Waals surface area (Å²) in [5, 5.41) is 10.5. The Morgan fingerprint density at radius 3 is 2.53 bits per heavy atom. The van der Waals surface area contributed by atoms with E-state index in [4.69, 9.17) is 4.74 Å². The monoisotopic (exact) mass is 520 g/mol. The first-order valence-electron chi connectivity index (χ1n) is 11.2. The molecule has 0 aliphatic carbocycles. The summed E-state index contributed by atoms with van der Waals surface area (Å²) >= 11 is 1.35. The number of alkyl halides is 3. The van der Waals surface area contributed by atoms with Crippen molar-refractivity contribution in [2.75, 3.05) is 5.32 Å². The van der Waals surface area contributed by atoms with Gasteiger partial charge >= 0.3 is 12.1 Å². The highest BCUT2D eigenvalue weighted by molar-refractivity contribution is 7.15. The van der Waals surface area contributed by atoms with E-state index in [1.165, 1.54) is 28.3 Å². The molecule has 0 aromatic carbocycles. The van der Waals surface area contributed by atoms with E-state index in [1.807, 2.05) is 13.0 Å². The lowest BCUT2D eigenvalue weighted by atomic mass is 10.2. The maximum absolute atomic E-state index is 13.9. The van der Waals surface area contributed by atoms with Crippen molar-refractivity contribution < 1.29 is 27.5 Å². The number of anilines is 1. The fraction of sp³-hybridized carbons (Fsp3) is 0.348. The summed E-state index contributed by atoms with van der Waals surface area (Å²) in [5.41, 5.74) is -1.44. The SMILES string of the molecule is CCc1ccc(-c2cc(C(F)(F)F)n3nc(C(=O)Nc4cn(CC)nc4C(=O)OC(C)C)cc3n2)s1. The Kier molecular flexibility index (Phi) is 6.85. The second kappa shape index (κ2) is 9.72. The van der Waals surface area contributed by atoms with Crippen LogP contribution in [0.25, 0.3) is 16.2 Å². The van der Waals surface area contributed by atoms with Gasteiger partial charge < -0.3 is 10.1 Å². The number of thiophene rings is 1. The van der Waals surface area contributed by atoms with E-state index in [-0.39, 0.29) is 28.4 Å². The topological polar surface area (TPSA) is 103 Å².